The van der Waals surface area contributed by atoms with Gasteiger partial charge in [0.05, 0.1) is 12.7 Å². The number of rotatable bonds is 3. The van der Waals surface area contributed by atoms with Crippen molar-refractivity contribution in [1.82, 2.24) is 0 Å². The van der Waals surface area contributed by atoms with Gasteiger partial charge >= 0.3 is 6.18 Å². The summed E-state index contributed by atoms with van der Waals surface area (Å²) in [4.78, 5) is 0.602. The average Bonchev–Trinajstić information content (AvgIpc) is 2.17. The minimum atomic E-state index is -4.37. The first kappa shape index (κ1) is 12.2. The molecule has 0 bridgehead atoms. The number of ether oxygens (including phenoxy) is 1. The third-order valence-corrected chi connectivity index (χ3v) is 2.66. The lowest BCUT2D eigenvalue weighted by atomic mass is 10.2. The van der Waals surface area contributed by atoms with Crippen molar-refractivity contribution in [2.75, 3.05) is 12.9 Å². The van der Waals surface area contributed by atoms with Gasteiger partial charge in [0.15, 0.2) is 0 Å². The van der Waals surface area contributed by atoms with E-state index in [1.807, 2.05) is 6.92 Å². The van der Waals surface area contributed by atoms with Gasteiger partial charge in [-0.3, -0.25) is 0 Å². The molecule has 0 saturated heterocycles. The third kappa shape index (κ3) is 3.06. The highest BCUT2D eigenvalue weighted by Gasteiger charge is 2.34. The highest BCUT2D eigenvalue weighted by atomic mass is 32.2. The second-order valence-corrected chi connectivity index (χ2v) is 4.13. The Labute approximate surface area is 90.6 Å². The summed E-state index contributed by atoms with van der Waals surface area (Å²) in [6.45, 7) is 1.89. The van der Waals surface area contributed by atoms with Crippen LogP contribution in [0.25, 0.3) is 0 Å². The van der Waals surface area contributed by atoms with Gasteiger partial charge in [0.25, 0.3) is 0 Å². The van der Waals surface area contributed by atoms with Gasteiger partial charge in [-0.05, 0) is 24.0 Å². The summed E-state index contributed by atoms with van der Waals surface area (Å²) in [5, 5.41) is 0. The average molecular weight is 236 g/mol. The maximum atomic E-state index is 12.6. The summed E-state index contributed by atoms with van der Waals surface area (Å²) in [5.74, 6) is 0.604. The molecule has 0 heterocycles. The van der Waals surface area contributed by atoms with E-state index >= 15 is 0 Å². The van der Waals surface area contributed by atoms with E-state index in [2.05, 4.69) is 4.74 Å². The zero-order chi connectivity index (χ0) is 11.5. The number of hydrogen-bond donors (Lipinski definition) is 0. The number of hydrogen-bond acceptors (Lipinski definition) is 2. The van der Waals surface area contributed by atoms with Gasteiger partial charge in [-0.25, -0.2) is 0 Å². The minimum Gasteiger partial charge on any atom is -0.496 e. The van der Waals surface area contributed by atoms with Gasteiger partial charge in [-0.1, -0.05) is 6.92 Å². The predicted molar refractivity (Wildman–Crippen MR) is 54.4 cm³/mol. The van der Waals surface area contributed by atoms with Crippen LogP contribution in [-0.2, 0) is 6.18 Å². The smallest absolute Gasteiger partial charge is 0.420 e. The molecule has 1 rings (SSSR count). The van der Waals surface area contributed by atoms with Gasteiger partial charge in [0.2, 0.25) is 0 Å². The van der Waals surface area contributed by atoms with Crippen molar-refractivity contribution in [2.24, 2.45) is 0 Å². The van der Waals surface area contributed by atoms with Crippen LogP contribution < -0.4 is 4.74 Å². The zero-order valence-corrected chi connectivity index (χ0v) is 9.21. The molecule has 0 N–H and O–H groups in total. The van der Waals surface area contributed by atoms with E-state index in [1.165, 1.54) is 24.9 Å². The number of methoxy groups -OCH3 is 1. The summed E-state index contributed by atoms with van der Waals surface area (Å²) >= 11 is 1.37. The second-order valence-electron chi connectivity index (χ2n) is 2.79. The fourth-order valence-corrected chi connectivity index (χ4v) is 1.86. The molecule has 0 aliphatic rings. The van der Waals surface area contributed by atoms with E-state index in [1.54, 1.807) is 6.07 Å². The fraction of sp³-hybridized carbons (Fsp3) is 0.400. The van der Waals surface area contributed by atoms with Gasteiger partial charge < -0.3 is 4.74 Å². The summed E-state index contributed by atoms with van der Waals surface area (Å²) in [7, 11) is 1.23. The van der Waals surface area contributed by atoms with Crippen LogP contribution >= 0.6 is 11.8 Å². The van der Waals surface area contributed by atoms with Gasteiger partial charge in [-0.15, -0.1) is 11.8 Å². The molecular weight excluding hydrogens is 225 g/mol. The molecular formula is C10H11F3OS. The molecule has 0 unspecified atom stereocenters. The molecule has 0 fully saturated rings. The molecule has 0 saturated carbocycles. The number of alkyl halides is 3. The van der Waals surface area contributed by atoms with Crippen LogP contribution in [0.15, 0.2) is 23.1 Å². The molecule has 0 amide bonds. The Morgan fingerprint density at radius 2 is 2.00 bits per heavy atom. The van der Waals surface area contributed by atoms with Crippen LogP contribution in [0.3, 0.4) is 0 Å². The van der Waals surface area contributed by atoms with Crippen molar-refractivity contribution in [3.63, 3.8) is 0 Å². The minimum absolute atomic E-state index is 0.136. The molecule has 0 atom stereocenters. The Hall–Kier alpha value is -0.840. The Morgan fingerprint density at radius 3 is 2.47 bits per heavy atom. The molecule has 84 valence electrons. The highest BCUT2D eigenvalue weighted by Crippen LogP contribution is 2.38. The summed E-state index contributed by atoms with van der Waals surface area (Å²) < 4.78 is 42.4. The maximum absolute atomic E-state index is 12.6. The molecule has 1 aromatic rings. The molecule has 0 radical (unpaired) electrons. The summed E-state index contributed by atoms with van der Waals surface area (Å²) in [5.41, 5.74) is -0.719. The van der Waals surface area contributed by atoms with E-state index in [9.17, 15) is 13.2 Å². The van der Waals surface area contributed by atoms with Crippen LogP contribution in [0.2, 0.25) is 0 Å². The van der Waals surface area contributed by atoms with Crippen LogP contribution in [0.4, 0.5) is 13.2 Å². The SMILES string of the molecule is CCSc1ccc(OC)c(C(F)(F)F)c1. The molecule has 5 heteroatoms. The molecule has 1 nitrogen and oxygen atoms in total. The first-order valence-corrected chi connectivity index (χ1v) is 5.35. The lowest BCUT2D eigenvalue weighted by Gasteiger charge is -2.12. The Kier molecular flexibility index (Phi) is 3.90. The molecule has 0 aromatic heterocycles. The van der Waals surface area contributed by atoms with Crippen LogP contribution in [0.5, 0.6) is 5.75 Å². The standard InChI is InChI=1S/C10H11F3OS/c1-3-15-7-4-5-9(14-2)8(6-7)10(11,12)13/h4-6H,3H2,1-2H3. The molecule has 0 spiro atoms. The third-order valence-electron chi connectivity index (χ3n) is 1.79. The van der Waals surface area contributed by atoms with Crippen LogP contribution in [0, 0.1) is 0 Å². The Bertz CT molecular complexity index is 336. The van der Waals surface area contributed by atoms with Crippen molar-refractivity contribution < 1.29 is 17.9 Å². The molecule has 1 aromatic carbocycles. The number of thioether (sulfide) groups is 1. The van der Waals surface area contributed by atoms with Crippen LogP contribution in [0.1, 0.15) is 12.5 Å². The largest absolute Gasteiger partial charge is 0.496 e. The topological polar surface area (TPSA) is 9.23 Å². The van der Waals surface area contributed by atoms with Gasteiger partial charge in [0.1, 0.15) is 5.75 Å². The number of benzene rings is 1. The Balaban J connectivity index is 3.13. The van der Waals surface area contributed by atoms with E-state index in [0.29, 0.717) is 4.90 Å². The molecule has 0 aliphatic heterocycles. The quantitative estimate of drug-likeness (QED) is 0.738. The highest BCUT2D eigenvalue weighted by molar-refractivity contribution is 7.99. The van der Waals surface area contributed by atoms with E-state index < -0.39 is 11.7 Å². The van der Waals surface area contributed by atoms with Crippen molar-refractivity contribution in [2.45, 2.75) is 18.0 Å². The fourth-order valence-electron chi connectivity index (χ4n) is 1.17. The second kappa shape index (κ2) is 4.79. The van der Waals surface area contributed by atoms with E-state index in [-0.39, 0.29) is 5.75 Å². The zero-order valence-electron chi connectivity index (χ0n) is 8.39. The summed E-state index contributed by atoms with van der Waals surface area (Å²) in [6.07, 6.45) is -4.37. The lowest BCUT2D eigenvalue weighted by Crippen LogP contribution is -2.07. The molecule has 0 aliphatic carbocycles. The van der Waals surface area contributed by atoms with Crippen LogP contribution in [-0.4, -0.2) is 12.9 Å². The Morgan fingerprint density at radius 1 is 1.33 bits per heavy atom. The van der Waals surface area contributed by atoms with Crippen molar-refractivity contribution >= 4 is 11.8 Å². The predicted octanol–water partition coefficient (Wildman–Crippen LogP) is 3.83. The first-order chi connectivity index (χ1) is 6.99. The first-order valence-electron chi connectivity index (χ1n) is 4.37. The van der Waals surface area contributed by atoms with E-state index in [4.69, 9.17) is 0 Å². The number of halogens is 3. The molecule has 15 heavy (non-hydrogen) atoms. The van der Waals surface area contributed by atoms with Gasteiger partial charge in [-0.2, -0.15) is 13.2 Å². The lowest BCUT2D eigenvalue weighted by molar-refractivity contribution is -0.138. The van der Waals surface area contributed by atoms with Crippen molar-refractivity contribution in [3.8, 4) is 5.75 Å². The monoisotopic (exact) mass is 236 g/mol. The van der Waals surface area contributed by atoms with E-state index in [0.717, 1.165) is 11.8 Å². The summed E-state index contributed by atoms with van der Waals surface area (Å²) in [6, 6.07) is 4.09. The van der Waals surface area contributed by atoms with Crippen molar-refractivity contribution in [3.05, 3.63) is 23.8 Å². The maximum Gasteiger partial charge on any atom is 0.420 e. The van der Waals surface area contributed by atoms with Gasteiger partial charge in [0, 0.05) is 4.90 Å². The normalized spacial score (nSPS) is 11.5. The van der Waals surface area contributed by atoms with Crippen molar-refractivity contribution in [1.29, 1.82) is 0 Å².